The summed E-state index contributed by atoms with van der Waals surface area (Å²) in [5.41, 5.74) is -5.87. The van der Waals surface area contributed by atoms with Crippen LogP contribution in [-0.2, 0) is 33.2 Å². The van der Waals surface area contributed by atoms with E-state index >= 15 is 0 Å². The maximum absolute atomic E-state index is 14.4. The minimum Gasteiger partial charge on any atom is -0.459 e. The number of ether oxygens (including phenoxy) is 6. The fourth-order valence-electron chi connectivity index (χ4n) is 10.00. The van der Waals surface area contributed by atoms with E-state index < -0.39 is 95.5 Å². The third-order valence-electron chi connectivity index (χ3n) is 13.9. The first kappa shape index (κ1) is 48.6. The predicted molar refractivity (Wildman–Crippen MR) is 214 cm³/mol. The Morgan fingerprint density at radius 2 is 1.58 bits per heavy atom. The standard InChI is InChI=1S/C42H79N3O12/c1-14-31-41(10,50)35(47)28(6)43-22-24(2)20-39(8,49)36(57-38-33(46)30(44(11)12)19-25(3)53-38)26(4)34(27(5)37(48)55-31)56-32-21-40(9,52-13)42(51,29(7)54-32)23-45-17-15-16-18-45/h24-36,38,43,46-47,49-51H,14-23H2,1-13H3/t24-,25-,26+,27-,28-,29+,30+,31?,32+,33-,34+,35-,36-,38+,39-,40-,41-,42+/m1/s1. The predicted octanol–water partition coefficient (Wildman–Crippen LogP) is 2.02. The molecule has 0 aromatic heterocycles. The lowest BCUT2D eigenvalue weighted by Gasteiger charge is -2.54. The zero-order chi connectivity index (χ0) is 42.8. The van der Waals surface area contributed by atoms with Gasteiger partial charge in [0.05, 0.1) is 35.9 Å². The smallest absolute Gasteiger partial charge is 0.311 e. The van der Waals surface area contributed by atoms with Crippen LogP contribution in [0.2, 0.25) is 0 Å². The molecule has 4 aliphatic rings. The zero-order valence-corrected chi connectivity index (χ0v) is 37.1. The maximum atomic E-state index is 14.4. The zero-order valence-electron chi connectivity index (χ0n) is 37.1. The Hall–Kier alpha value is -1.05. The van der Waals surface area contributed by atoms with Gasteiger partial charge >= 0.3 is 5.97 Å². The van der Waals surface area contributed by atoms with Crippen molar-refractivity contribution in [1.29, 1.82) is 0 Å². The molecule has 0 saturated carbocycles. The van der Waals surface area contributed by atoms with E-state index in [4.69, 9.17) is 28.4 Å². The van der Waals surface area contributed by atoms with E-state index in [0.29, 0.717) is 19.5 Å². The molecule has 4 aliphatic heterocycles. The number of esters is 1. The highest BCUT2D eigenvalue weighted by molar-refractivity contribution is 5.73. The Labute approximate surface area is 342 Å². The van der Waals surface area contributed by atoms with Crippen molar-refractivity contribution >= 4 is 5.97 Å². The van der Waals surface area contributed by atoms with Crippen LogP contribution in [0.1, 0.15) is 108 Å². The number of carbonyl (C=O) groups excluding carboxylic acids is 1. The van der Waals surface area contributed by atoms with Crippen LogP contribution in [0, 0.1) is 17.8 Å². The molecular formula is C42H79N3O12. The first-order valence-electron chi connectivity index (χ1n) is 21.4. The van der Waals surface area contributed by atoms with E-state index in [2.05, 4.69) is 10.2 Å². The first-order chi connectivity index (χ1) is 26.4. The van der Waals surface area contributed by atoms with E-state index in [1.165, 1.54) is 6.92 Å². The lowest BCUT2D eigenvalue weighted by atomic mass is 9.75. The second-order valence-corrected chi connectivity index (χ2v) is 19.0. The van der Waals surface area contributed by atoms with Crippen LogP contribution in [0.15, 0.2) is 0 Å². The van der Waals surface area contributed by atoms with Gasteiger partial charge in [0.2, 0.25) is 0 Å². The molecular weight excluding hydrogens is 738 g/mol. The molecule has 4 fully saturated rings. The van der Waals surface area contributed by atoms with Crippen molar-refractivity contribution in [3.63, 3.8) is 0 Å². The number of aliphatic hydroxyl groups is 5. The van der Waals surface area contributed by atoms with Crippen molar-refractivity contribution in [2.24, 2.45) is 17.8 Å². The van der Waals surface area contributed by atoms with E-state index in [9.17, 15) is 30.3 Å². The van der Waals surface area contributed by atoms with Gasteiger partial charge in [-0.3, -0.25) is 4.79 Å². The fourth-order valence-corrected chi connectivity index (χ4v) is 10.00. The third kappa shape index (κ3) is 10.7. The molecule has 4 rings (SSSR count). The summed E-state index contributed by atoms with van der Waals surface area (Å²) in [6.45, 7) is 20.2. The van der Waals surface area contributed by atoms with Gasteiger partial charge in [0.25, 0.3) is 0 Å². The molecule has 4 saturated heterocycles. The Bertz CT molecular complexity index is 1290. The molecule has 6 N–H and O–H groups in total. The Morgan fingerprint density at radius 1 is 0.947 bits per heavy atom. The van der Waals surface area contributed by atoms with E-state index in [1.54, 1.807) is 41.7 Å². The van der Waals surface area contributed by atoms with Gasteiger partial charge in [-0.25, -0.2) is 0 Å². The van der Waals surface area contributed by atoms with E-state index in [-0.39, 0.29) is 37.3 Å². The summed E-state index contributed by atoms with van der Waals surface area (Å²) in [7, 11) is 5.35. The second-order valence-electron chi connectivity index (χ2n) is 19.0. The van der Waals surface area contributed by atoms with Gasteiger partial charge in [-0.1, -0.05) is 20.8 Å². The van der Waals surface area contributed by atoms with Gasteiger partial charge in [-0.2, -0.15) is 0 Å². The monoisotopic (exact) mass is 818 g/mol. The van der Waals surface area contributed by atoms with Gasteiger partial charge in [0, 0.05) is 38.1 Å². The van der Waals surface area contributed by atoms with Gasteiger partial charge in [-0.15, -0.1) is 0 Å². The lowest BCUT2D eigenvalue weighted by Crippen LogP contribution is -2.70. The molecule has 15 heteroatoms. The number of hydrogen-bond acceptors (Lipinski definition) is 15. The van der Waals surface area contributed by atoms with Crippen LogP contribution in [-0.4, -0.2) is 178 Å². The van der Waals surface area contributed by atoms with Gasteiger partial charge in [0.1, 0.15) is 35.1 Å². The molecule has 15 nitrogen and oxygen atoms in total. The molecule has 334 valence electrons. The van der Waals surface area contributed by atoms with Crippen LogP contribution < -0.4 is 5.32 Å². The number of cyclic esters (lactones) is 1. The maximum Gasteiger partial charge on any atom is 0.311 e. The SMILES string of the molecule is CCC1OC(=O)[C@H](C)[C@@H](O[C@H]2C[C@@](C)(OC)[C@](O)(CN3CCCC3)[C@H](C)O2)[C@H](C)[C@@H](O[C@@H]2O[C@H](C)C[C@H](N(C)C)[C@H]2O)[C@](C)(O)C[C@@H](C)CN[C@H](C)[C@@H](O)[C@]1(C)O. The average molecular weight is 818 g/mol. The van der Waals surface area contributed by atoms with Crippen molar-refractivity contribution in [3.8, 4) is 0 Å². The van der Waals surface area contributed by atoms with Crippen molar-refractivity contribution in [3.05, 3.63) is 0 Å². The molecule has 18 atom stereocenters. The average Bonchev–Trinajstić information content (AvgIpc) is 3.65. The van der Waals surface area contributed by atoms with E-state index in [0.717, 1.165) is 25.9 Å². The van der Waals surface area contributed by atoms with Crippen LogP contribution >= 0.6 is 0 Å². The number of likely N-dealkylation sites (tertiary alicyclic amines) is 1. The normalized spacial score (nSPS) is 49.0. The second kappa shape index (κ2) is 19.3. The number of nitrogens with one attached hydrogen (secondary N) is 1. The molecule has 0 spiro atoms. The Kier molecular flexibility index (Phi) is 16.5. The molecule has 0 aromatic rings. The number of β-amino-alcohol motifs (C(OH)–C–C–N with tert-alkyl or cyclic N) is 1. The summed E-state index contributed by atoms with van der Waals surface area (Å²) in [5.74, 6) is -2.64. The summed E-state index contributed by atoms with van der Waals surface area (Å²) in [4.78, 5) is 18.5. The van der Waals surface area contributed by atoms with Crippen molar-refractivity contribution < 1.29 is 58.7 Å². The van der Waals surface area contributed by atoms with Crippen LogP contribution in [0.5, 0.6) is 0 Å². The summed E-state index contributed by atoms with van der Waals surface area (Å²) in [5, 5.41) is 62.9. The minimum atomic E-state index is -1.81. The highest BCUT2D eigenvalue weighted by Crippen LogP contribution is 2.44. The van der Waals surface area contributed by atoms with Gasteiger partial charge in [-0.05, 0) is 120 Å². The minimum absolute atomic E-state index is 0.122. The lowest BCUT2D eigenvalue weighted by molar-refractivity contribution is -0.339. The molecule has 0 radical (unpaired) electrons. The molecule has 0 aliphatic carbocycles. The number of likely N-dealkylation sites (N-methyl/N-ethyl adjacent to an activating group) is 1. The Balaban J connectivity index is 1.79. The van der Waals surface area contributed by atoms with Crippen molar-refractivity contribution in [1.82, 2.24) is 15.1 Å². The van der Waals surface area contributed by atoms with E-state index in [1.807, 2.05) is 46.7 Å². The molecule has 0 bridgehead atoms. The number of aliphatic hydroxyl groups excluding tert-OH is 2. The highest BCUT2D eigenvalue weighted by atomic mass is 16.7. The molecule has 1 unspecified atom stereocenters. The highest BCUT2D eigenvalue weighted by Gasteiger charge is 2.59. The van der Waals surface area contributed by atoms with Crippen molar-refractivity contribution in [2.75, 3.05) is 47.4 Å². The first-order valence-corrected chi connectivity index (χ1v) is 21.4. The summed E-state index contributed by atoms with van der Waals surface area (Å²) in [6.07, 6.45) is -5.34. The molecule has 57 heavy (non-hydrogen) atoms. The molecule has 0 amide bonds. The summed E-state index contributed by atoms with van der Waals surface area (Å²) in [6, 6.07) is -0.871. The van der Waals surface area contributed by atoms with Crippen LogP contribution in [0.3, 0.4) is 0 Å². The summed E-state index contributed by atoms with van der Waals surface area (Å²) < 4.78 is 38.6. The summed E-state index contributed by atoms with van der Waals surface area (Å²) >= 11 is 0. The van der Waals surface area contributed by atoms with Gasteiger partial charge < -0.3 is 69.1 Å². The number of carbonyl (C=O) groups is 1. The fraction of sp³-hybridized carbons (Fsp3) is 0.976. The number of hydrogen-bond donors (Lipinski definition) is 6. The van der Waals surface area contributed by atoms with Gasteiger partial charge in [0.15, 0.2) is 12.6 Å². The quantitative estimate of drug-likeness (QED) is 0.185. The molecule has 4 heterocycles. The third-order valence-corrected chi connectivity index (χ3v) is 13.9. The van der Waals surface area contributed by atoms with Crippen LogP contribution in [0.25, 0.3) is 0 Å². The largest absolute Gasteiger partial charge is 0.459 e. The van der Waals surface area contributed by atoms with Crippen LogP contribution in [0.4, 0.5) is 0 Å². The molecule has 0 aromatic carbocycles. The topological polar surface area (TPSA) is 192 Å². The number of rotatable bonds is 9. The Morgan fingerprint density at radius 3 is 2.16 bits per heavy atom. The number of nitrogens with zero attached hydrogens (tertiary/aromatic N) is 2. The number of methoxy groups -OCH3 is 1. The van der Waals surface area contributed by atoms with Crippen molar-refractivity contribution in [2.45, 2.75) is 198 Å².